The average molecular weight is 399 g/mol. The average Bonchev–Trinajstić information content (AvgIpc) is 2.68. The van der Waals surface area contributed by atoms with Gasteiger partial charge in [0.1, 0.15) is 0 Å². The third-order valence-electron chi connectivity index (χ3n) is 8.31. The summed E-state index contributed by atoms with van der Waals surface area (Å²) in [6, 6.07) is 0. The van der Waals surface area contributed by atoms with E-state index in [0.29, 0.717) is 24.4 Å². The van der Waals surface area contributed by atoms with Crippen molar-refractivity contribution in [2.24, 2.45) is 46.3 Å². The molecule has 0 aliphatic heterocycles. The first-order valence-electron chi connectivity index (χ1n) is 11.9. The summed E-state index contributed by atoms with van der Waals surface area (Å²) in [7, 11) is 0. The highest BCUT2D eigenvalue weighted by atomic mass is 16.3. The lowest BCUT2D eigenvalue weighted by atomic mass is 9.64. The summed E-state index contributed by atoms with van der Waals surface area (Å²) in [4.78, 5) is 0. The molecule has 3 heteroatoms. The van der Waals surface area contributed by atoms with E-state index in [4.69, 9.17) is 0 Å². The fourth-order valence-corrected chi connectivity index (χ4v) is 5.68. The second-order valence-electron chi connectivity index (χ2n) is 11.4. The fraction of sp³-hybridized carbons (Fsp3) is 1.00. The normalized spacial score (nSPS) is 36.8. The standard InChI is InChI=1S/C13H26O.C12H24O2/c1-5-11-8-12(7-6-10(11)2)13(3,4)9-14;1-9(2)11-4-5-12(3,8-14)6-10(11)7-13/h10-12,14H,5-9H2,1-4H3;9-11,13-14H,4-8H2,1-3H3. The van der Waals surface area contributed by atoms with Crippen LogP contribution in [-0.2, 0) is 0 Å². The lowest BCUT2D eigenvalue weighted by Crippen LogP contribution is -2.37. The third-order valence-corrected chi connectivity index (χ3v) is 8.31. The minimum atomic E-state index is 0.0544. The predicted molar refractivity (Wildman–Crippen MR) is 119 cm³/mol. The molecule has 3 nitrogen and oxygen atoms in total. The number of aliphatic hydroxyl groups excluding tert-OH is 3. The topological polar surface area (TPSA) is 60.7 Å². The lowest BCUT2D eigenvalue weighted by molar-refractivity contribution is 0.00556. The highest BCUT2D eigenvalue weighted by molar-refractivity contribution is 4.88. The highest BCUT2D eigenvalue weighted by Crippen LogP contribution is 2.45. The molecule has 3 N–H and O–H groups in total. The zero-order valence-electron chi connectivity index (χ0n) is 19.9. The van der Waals surface area contributed by atoms with Gasteiger partial charge in [-0.15, -0.1) is 0 Å². The van der Waals surface area contributed by atoms with Gasteiger partial charge in [0.2, 0.25) is 0 Å². The van der Waals surface area contributed by atoms with Gasteiger partial charge < -0.3 is 15.3 Å². The molecule has 2 fully saturated rings. The van der Waals surface area contributed by atoms with Crippen LogP contribution in [0.1, 0.15) is 93.4 Å². The minimum Gasteiger partial charge on any atom is -0.396 e. The summed E-state index contributed by atoms with van der Waals surface area (Å²) < 4.78 is 0. The van der Waals surface area contributed by atoms with Gasteiger partial charge >= 0.3 is 0 Å². The van der Waals surface area contributed by atoms with Crippen molar-refractivity contribution in [1.29, 1.82) is 0 Å². The van der Waals surface area contributed by atoms with Crippen LogP contribution in [0.3, 0.4) is 0 Å². The van der Waals surface area contributed by atoms with Crippen LogP contribution in [0.4, 0.5) is 0 Å². The summed E-state index contributed by atoms with van der Waals surface area (Å²) in [6.07, 6.45) is 8.52. The maximum absolute atomic E-state index is 9.37. The van der Waals surface area contributed by atoms with Gasteiger partial charge in [-0.2, -0.15) is 0 Å². The molecule has 2 rings (SSSR count). The first-order chi connectivity index (χ1) is 13.0. The van der Waals surface area contributed by atoms with E-state index in [9.17, 15) is 15.3 Å². The van der Waals surface area contributed by atoms with Crippen molar-refractivity contribution in [2.75, 3.05) is 19.8 Å². The van der Waals surface area contributed by atoms with E-state index in [1.807, 2.05) is 0 Å². The van der Waals surface area contributed by atoms with Gasteiger partial charge in [0.05, 0.1) is 0 Å². The Balaban J connectivity index is 0.000000280. The van der Waals surface area contributed by atoms with Gasteiger partial charge in [-0.25, -0.2) is 0 Å². The molecule has 28 heavy (non-hydrogen) atoms. The second-order valence-corrected chi connectivity index (χ2v) is 11.4. The van der Waals surface area contributed by atoms with Crippen LogP contribution >= 0.6 is 0 Å². The smallest absolute Gasteiger partial charge is 0.0484 e. The van der Waals surface area contributed by atoms with Crippen LogP contribution < -0.4 is 0 Å². The van der Waals surface area contributed by atoms with E-state index >= 15 is 0 Å². The number of hydrogen-bond donors (Lipinski definition) is 3. The molecule has 0 aromatic rings. The summed E-state index contributed by atoms with van der Waals surface area (Å²) in [5, 5.41) is 28.0. The molecule has 6 unspecified atom stereocenters. The first-order valence-corrected chi connectivity index (χ1v) is 11.9. The van der Waals surface area contributed by atoms with Crippen molar-refractivity contribution < 1.29 is 15.3 Å². The highest BCUT2D eigenvalue weighted by Gasteiger charge is 2.38. The van der Waals surface area contributed by atoms with Gasteiger partial charge in [-0.3, -0.25) is 0 Å². The molecule has 6 atom stereocenters. The summed E-state index contributed by atoms with van der Waals surface area (Å²) >= 11 is 0. The Bertz CT molecular complexity index is 429. The molecule has 0 bridgehead atoms. The number of aliphatic hydroxyl groups is 3. The van der Waals surface area contributed by atoms with Crippen molar-refractivity contribution in [3.63, 3.8) is 0 Å². The fourth-order valence-electron chi connectivity index (χ4n) is 5.68. The minimum absolute atomic E-state index is 0.0544. The largest absolute Gasteiger partial charge is 0.396 e. The van der Waals surface area contributed by atoms with E-state index in [-0.39, 0.29) is 24.0 Å². The molecule has 0 radical (unpaired) electrons. The zero-order chi connectivity index (χ0) is 21.5. The number of rotatable bonds is 6. The van der Waals surface area contributed by atoms with Crippen LogP contribution in [0.2, 0.25) is 0 Å². The van der Waals surface area contributed by atoms with Crippen molar-refractivity contribution in [1.82, 2.24) is 0 Å². The Labute approximate surface area is 175 Å². The van der Waals surface area contributed by atoms with Gasteiger partial charge in [0.15, 0.2) is 0 Å². The van der Waals surface area contributed by atoms with Crippen LogP contribution in [-0.4, -0.2) is 35.1 Å². The Morgan fingerprint density at radius 1 is 1.04 bits per heavy atom. The van der Waals surface area contributed by atoms with Crippen LogP contribution in [0.15, 0.2) is 0 Å². The molecule has 0 saturated heterocycles. The Hall–Kier alpha value is -0.120. The molecule has 0 amide bonds. The molecular formula is C25H50O3. The van der Waals surface area contributed by atoms with E-state index in [1.165, 1.54) is 25.7 Å². The third kappa shape index (κ3) is 6.99. The molecule has 0 aromatic heterocycles. The van der Waals surface area contributed by atoms with Gasteiger partial charge in [0, 0.05) is 19.8 Å². The van der Waals surface area contributed by atoms with Crippen LogP contribution in [0.5, 0.6) is 0 Å². The molecule has 0 heterocycles. The van der Waals surface area contributed by atoms with Gasteiger partial charge in [-0.05, 0) is 78.4 Å². The Morgan fingerprint density at radius 2 is 1.68 bits per heavy atom. The van der Waals surface area contributed by atoms with E-state index in [0.717, 1.165) is 37.0 Å². The molecule has 0 aromatic carbocycles. The van der Waals surface area contributed by atoms with E-state index in [2.05, 4.69) is 48.5 Å². The van der Waals surface area contributed by atoms with Crippen LogP contribution in [0.25, 0.3) is 0 Å². The van der Waals surface area contributed by atoms with E-state index < -0.39 is 0 Å². The molecule has 168 valence electrons. The molecule has 0 spiro atoms. The second kappa shape index (κ2) is 11.3. The zero-order valence-corrected chi connectivity index (χ0v) is 19.9. The SMILES string of the molecule is CC(C)C1CCC(C)(CO)CC1CO.CCC1CC(C(C)(C)CO)CCC1C. The predicted octanol–water partition coefficient (Wildman–Crippen LogP) is 5.52. The van der Waals surface area contributed by atoms with Gasteiger partial charge in [-0.1, -0.05) is 61.3 Å². The van der Waals surface area contributed by atoms with Crippen molar-refractivity contribution in [3.8, 4) is 0 Å². The Morgan fingerprint density at radius 3 is 2.14 bits per heavy atom. The summed E-state index contributed by atoms with van der Waals surface area (Å²) in [6.45, 7) is 16.6. The van der Waals surface area contributed by atoms with Gasteiger partial charge in [0.25, 0.3) is 0 Å². The van der Waals surface area contributed by atoms with Crippen molar-refractivity contribution >= 4 is 0 Å². The molecule has 2 aliphatic rings. The van der Waals surface area contributed by atoms with Crippen molar-refractivity contribution in [3.05, 3.63) is 0 Å². The lowest BCUT2D eigenvalue weighted by Gasteiger charge is -2.42. The maximum Gasteiger partial charge on any atom is 0.0484 e. The maximum atomic E-state index is 9.37. The number of hydrogen-bond acceptors (Lipinski definition) is 3. The Kier molecular flexibility index (Phi) is 10.5. The monoisotopic (exact) mass is 398 g/mol. The summed E-state index contributed by atoms with van der Waals surface area (Å²) in [5.41, 5.74) is 0.187. The molecular weight excluding hydrogens is 348 g/mol. The van der Waals surface area contributed by atoms with Crippen LogP contribution in [0, 0.1) is 46.3 Å². The summed E-state index contributed by atoms with van der Waals surface area (Å²) in [5.74, 6) is 4.19. The first kappa shape index (κ1) is 25.9. The molecule has 2 aliphatic carbocycles. The molecule has 2 saturated carbocycles. The van der Waals surface area contributed by atoms with Crippen molar-refractivity contribution in [2.45, 2.75) is 93.4 Å². The quantitative estimate of drug-likeness (QED) is 0.552. The van der Waals surface area contributed by atoms with E-state index in [1.54, 1.807) is 0 Å².